The molecule has 1 atom stereocenters. The summed E-state index contributed by atoms with van der Waals surface area (Å²) in [6.45, 7) is 0. The van der Waals surface area contributed by atoms with Crippen LogP contribution in [0.15, 0.2) is 35.9 Å². The van der Waals surface area contributed by atoms with Crippen molar-refractivity contribution in [2.75, 3.05) is 0 Å². The van der Waals surface area contributed by atoms with Crippen molar-refractivity contribution >= 4 is 0 Å². The second-order valence-corrected chi connectivity index (χ2v) is 5.47. The number of alkyl halides is 3. The van der Waals surface area contributed by atoms with E-state index in [9.17, 15) is 13.2 Å². The lowest BCUT2D eigenvalue weighted by atomic mass is 9.92. The minimum atomic E-state index is -4.29. The monoisotopic (exact) mass is 283 g/mol. The van der Waals surface area contributed by atoms with Gasteiger partial charge in [0.05, 0.1) is 5.56 Å². The van der Waals surface area contributed by atoms with Gasteiger partial charge in [-0.25, -0.2) is 0 Å². The zero-order valence-corrected chi connectivity index (χ0v) is 11.4. The van der Waals surface area contributed by atoms with Gasteiger partial charge in [-0.2, -0.15) is 13.2 Å². The second-order valence-electron chi connectivity index (χ2n) is 5.47. The van der Waals surface area contributed by atoms with Gasteiger partial charge in [0.25, 0.3) is 0 Å². The number of hydrogen-bond donors (Lipinski definition) is 1. The van der Waals surface area contributed by atoms with Gasteiger partial charge in [0.15, 0.2) is 0 Å². The normalized spacial score (nSPS) is 17.7. The molecule has 1 nitrogen and oxygen atoms in total. The van der Waals surface area contributed by atoms with E-state index in [1.165, 1.54) is 30.5 Å². The topological polar surface area (TPSA) is 26.0 Å². The Bertz CT molecular complexity index is 477. The average Bonchev–Trinajstić information content (AvgIpc) is 2.39. The van der Waals surface area contributed by atoms with Gasteiger partial charge in [-0.3, -0.25) is 0 Å². The van der Waals surface area contributed by atoms with Crippen molar-refractivity contribution in [3.63, 3.8) is 0 Å². The van der Waals surface area contributed by atoms with Crippen LogP contribution in [0.1, 0.15) is 43.2 Å². The van der Waals surface area contributed by atoms with Crippen molar-refractivity contribution < 1.29 is 13.2 Å². The molecule has 0 heterocycles. The zero-order valence-electron chi connectivity index (χ0n) is 11.4. The van der Waals surface area contributed by atoms with Gasteiger partial charge < -0.3 is 5.73 Å². The van der Waals surface area contributed by atoms with E-state index in [4.69, 9.17) is 5.73 Å². The summed E-state index contributed by atoms with van der Waals surface area (Å²) >= 11 is 0. The van der Waals surface area contributed by atoms with Crippen LogP contribution in [0.4, 0.5) is 13.2 Å². The van der Waals surface area contributed by atoms with Crippen LogP contribution >= 0.6 is 0 Å². The number of nitrogens with two attached hydrogens (primary N) is 1. The van der Waals surface area contributed by atoms with Crippen LogP contribution in [0.2, 0.25) is 0 Å². The fourth-order valence-corrected chi connectivity index (χ4v) is 2.68. The number of allylic oxidation sites excluding steroid dienone is 1. The maximum absolute atomic E-state index is 12.6. The number of benzene rings is 1. The highest BCUT2D eigenvalue weighted by atomic mass is 19.4. The molecule has 2 rings (SSSR count). The minimum Gasteiger partial charge on any atom is -0.327 e. The summed E-state index contributed by atoms with van der Waals surface area (Å²) < 4.78 is 37.9. The zero-order chi connectivity index (χ0) is 14.6. The Hall–Kier alpha value is -1.29. The molecule has 0 radical (unpaired) electrons. The van der Waals surface area contributed by atoms with Crippen LogP contribution in [0.25, 0.3) is 0 Å². The fourth-order valence-electron chi connectivity index (χ4n) is 2.68. The van der Waals surface area contributed by atoms with E-state index in [2.05, 4.69) is 6.08 Å². The first-order valence-electron chi connectivity index (χ1n) is 7.05. The van der Waals surface area contributed by atoms with Crippen molar-refractivity contribution in [3.8, 4) is 0 Å². The second kappa shape index (κ2) is 6.44. The molecule has 2 N–H and O–H groups in total. The summed E-state index contributed by atoms with van der Waals surface area (Å²) in [5.74, 6) is 0. The van der Waals surface area contributed by atoms with Gasteiger partial charge >= 0.3 is 6.18 Å². The predicted octanol–water partition coefficient (Wildman–Crippen LogP) is 4.47. The molecule has 0 bridgehead atoms. The Morgan fingerprint density at radius 1 is 1.15 bits per heavy atom. The highest BCUT2D eigenvalue weighted by Gasteiger charge is 2.30. The molecule has 0 aromatic heterocycles. The van der Waals surface area contributed by atoms with Gasteiger partial charge in [0.1, 0.15) is 0 Å². The molecule has 4 heteroatoms. The molecule has 110 valence electrons. The van der Waals surface area contributed by atoms with Crippen molar-refractivity contribution in [1.82, 2.24) is 0 Å². The Morgan fingerprint density at radius 2 is 1.95 bits per heavy atom. The molecule has 0 spiro atoms. The summed E-state index contributed by atoms with van der Waals surface area (Å²) in [5.41, 5.74) is 7.49. The van der Waals surface area contributed by atoms with Crippen molar-refractivity contribution in [2.45, 2.75) is 50.7 Å². The smallest absolute Gasteiger partial charge is 0.327 e. The molecular formula is C16H20F3N. The maximum Gasteiger partial charge on any atom is 0.416 e. The summed E-state index contributed by atoms with van der Waals surface area (Å²) in [7, 11) is 0. The van der Waals surface area contributed by atoms with E-state index < -0.39 is 11.7 Å². The molecule has 0 fully saturated rings. The van der Waals surface area contributed by atoms with Crippen LogP contribution in [-0.2, 0) is 12.6 Å². The van der Waals surface area contributed by atoms with Crippen molar-refractivity contribution in [3.05, 3.63) is 47.0 Å². The molecule has 1 aromatic carbocycles. The number of hydrogen-bond acceptors (Lipinski definition) is 1. The van der Waals surface area contributed by atoms with Crippen LogP contribution in [0.5, 0.6) is 0 Å². The third kappa shape index (κ3) is 4.37. The lowest BCUT2D eigenvalue weighted by Gasteiger charge is -2.18. The summed E-state index contributed by atoms with van der Waals surface area (Å²) in [6, 6.07) is 5.35. The van der Waals surface area contributed by atoms with Gasteiger partial charge in [0.2, 0.25) is 0 Å². The quantitative estimate of drug-likeness (QED) is 0.811. The molecule has 20 heavy (non-hydrogen) atoms. The molecule has 0 saturated heterocycles. The molecule has 0 aliphatic heterocycles. The molecule has 0 saturated carbocycles. The van der Waals surface area contributed by atoms with Crippen LogP contribution in [0, 0.1) is 0 Å². The first-order valence-corrected chi connectivity index (χ1v) is 7.05. The van der Waals surface area contributed by atoms with Crippen LogP contribution in [-0.4, -0.2) is 6.04 Å². The van der Waals surface area contributed by atoms with Crippen LogP contribution in [0.3, 0.4) is 0 Å². The molecule has 1 aliphatic rings. The lowest BCUT2D eigenvalue weighted by molar-refractivity contribution is -0.137. The molecule has 1 aliphatic carbocycles. The van der Waals surface area contributed by atoms with Gasteiger partial charge in [-0.1, -0.05) is 29.8 Å². The first-order chi connectivity index (χ1) is 9.45. The van der Waals surface area contributed by atoms with E-state index in [1.807, 2.05) is 0 Å². The Labute approximate surface area is 117 Å². The average molecular weight is 283 g/mol. The largest absolute Gasteiger partial charge is 0.416 e. The highest BCUT2D eigenvalue weighted by molar-refractivity contribution is 5.26. The summed E-state index contributed by atoms with van der Waals surface area (Å²) in [6.07, 6.45) is 3.83. The predicted molar refractivity (Wildman–Crippen MR) is 74.3 cm³/mol. The highest BCUT2D eigenvalue weighted by Crippen LogP contribution is 2.30. The maximum atomic E-state index is 12.6. The molecular weight excluding hydrogens is 263 g/mol. The van der Waals surface area contributed by atoms with Gasteiger partial charge in [-0.05, 0) is 50.2 Å². The summed E-state index contributed by atoms with van der Waals surface area (Å²) in [5, 5.41) is 0. The van der Waals surface area contributed by atoms with E-state index in [-0.39, 0.29) is 6.04 Å². The standard InChI is InChI=1S/C16H20F3N/c17-16(18,19)14-8-4-7-13(9-14)11-15(20)10-12-5-2-1-3-6-12/h4-5,7-9,15H,1-3,6,10-11,20H2. The number of halogens is 3. The SMILES string of the molecule is NC(CC1=CCCCC1)Cc1cccc(C(F)(F)F)c1. The third-order valence-corrected chi connectivity index (χ3v) is 3.66. The molecule has 1 aromatic rings. The van der Waals surface area contributed by atoms with E-state index in [0.717, 1.165) is 25.3 Å². The minimum absolute atomic E-state index is 0.108. The lowest BCUT2D eigenvalue weighted by Crippen LogP contribution is -2.24. The Morgan fingerprint density at radius 3 is 2.60 bits per heavy atom. The summed E-state index contributed by atoms with van der Waals surface area (Å²) in [4.78, 5) is 0. The van der Waals surface area contributed by atoms with Crippen molar-refractivity contribution in [1.29, 1.82) is 0 Å². The van der Waals surface area contributed by atoms with E-state index in [0.29, 0.717) is 12.0 Å². The Kier molecular flexibility index (Phi) is 4.86. The van der Waals surface area contributed by atoms with Crippen LogP contribution < -0.4 is 5.73 Å². The molecule has 0 amide bonds. The first kappa shape index (κ1) is 15.1. The Balaban J connectivity index is 1.97. The number of rotatable bonds is 4. The van der Waals surface area contributed by atoms with Crippen molar-refractivity contribution in [2.24, 2.45) is 5.73 Å². The van der Waals surface area contributed by atoms with Gasteiger partial charge in [-0.15, -0.1) is 0 Å². The molecule has 1 unspecified atom stereocenters. The van der Waals surface area contributed by atoms with E-state index >= 15 is 0 Å². The fraction of sp³-hybridized carbons (Fsp3) is 0.500. The third-order valence-electron chi connectivity index (χ3n) is 3.66. The van der Waals surface area contributed by atoms with E-state index in [1.54, 1.807) is 6.07 Å². The van der Waals surface area contributed by atoms with Gasteiger partial charge in [0, 0.05) is 6.04 Å².